The fraction of sp³-hybridized carbons (Fsp3) is 0.808. The van der Waals surface area contributed by atoms with Gasteiger partial charge in [0, 0.05) is 25.0 Å². The second-order valence-corrected chi connectivity index (χ2v) is 8.50. The second kappa shape index (κ2) is 18.5. The van der Waals surface area contributed by atoms with Crippen LogP contribution in [0.2, 0.25) is 0 Å². The third-order valence-electron chi connectivity index (χ3n) is 5.92. The predicted molar refractivity (Wildman–Crippen MR) is 120 cm³/mol. The summed E-state index contributed by atoms with van der Waals surface area (Å²) in [7, 11) is 0. The molecular formula is C26H48N+. The molecule has 0 saturated heterocycles. The molecule has 0 bridgehead atoms. The molecule has 1 heteroatoms. The third kappa shape index (κ3) is 13.9. The Morgan fingerprint density at radius 3 is 1.37 bits per heavy atom. The maximum atomic E-state index is 2.42. The van der Waals surface area contributed by atoms with Crippen LogP contribution in [0.3, 0.4) is 0 Å². The summed E-state index contributed by atoms with van der Waals surface area (Å²) in [5, 5.41) is 0. The number of unbranched alkanes of at least 4 members (excludes halogenated alkanes) is 14. The van der Waals surface area contributed by atoms with Gasteiger partial charge in [-0.05, 0) is 12.8 Å². The average Bonchev–Trinajstić information content (AvgIpc) is 2.70. The molecule has 0 spiro atoms. The first-order chi connectivity index (χ1) is 13.4. The third-order valence-corrected chi connectivity index (χ3v) is 5.92. The summed E-state index contributed by atoms with van der Waals surface area (Å²) in [6, 6.07) is 7.15. The van der Waals surface area contributed by atoms with Crippen molar-refractivity contribution in [3.05, 3.63) is 30.6 Å². The van der Waals surface area contributed by atoms with Crippen molar-refractivity contribution >= 4 is 0 Å². The molecule has 0 aromatic carbocycles. The topological polar surface area (TPSA) is 3.88 Å². The molecular weight excluding hydrogens is 326 g/mol. The maximum absolute atomic E-state index is 2.42. The average molecular weight is 375 g/mol. The molecule has 0 saturated carbocycles. The smallest absolute Gasteiger partial charge is 0.169 e. The molecule has 1 rings (SSSR count). The highest BCUT2D eigenvalue weighted by Crippen LogP contribution is 2.17. The van der Waals surface area contributed by atoms with Crippen LogP contribution in [-0.4, -0.2) is 0 Å². The summed E-state index contributed by atoms with van der Waals surface area (Å²) >= 11 is 0. The van der Waals surface area contributed by atoms with Crippen molar-refractivity contribution in [2.75, 3.05) is 0 Å². The number of hydrogen-bond donors (Lipinski definition) is 0. The lowest BCUT2D eigenvalue weighted by Crippen LogP contribution is -2.38. The Labute approximate surface area is 171 Å². The Morgan fingerprint density at radius 2 is 0.926 bits per heavy atom. The first-order valence-corrected chi connectivity index (χ1v) is 12.3. The molecule has 1 aromatic heterocycles. The molecule has 0 aliphatic heterocycles. The number of nitrogens with zero attached hydrogens (tertiary/aromatic N) is 1. The lowest BCUT2D eigenvalue weighted by Gasteiger charge is -2.11. The van der Waals surface area contributed by atoms with E-state index in [-0.39, 0.29) is 0 Å². The van der Waals surface area contributed by atoms with Crippen molar-refractivity contribution in [2.45, 2.75) is 135 Å². The highest BCUT2D eigenvalue weighted by Gasteiger charge is 2.15. The summed E-state index contributed by atoms with van der Waals surface area (Å²) in [6.07, 6.45) is 30.2. The molecule has 0 aliphatic rings. The van der Waals surface area contributed by atoms with E-state index in [2.05, 4.69) is 49.0 Å². The zero-order valence-electron chi connectivity index (χ0n) is 18.6. The monoisotopic (exact) mass is 374 g/mol. The summed E-state index contributed by atoms with van der Waals surface area (Å²) in [5.41, 5.74) is 0. The van der Waals surface area contributed by atoms with Crippen LogP contribution in [-0.2, 0) is 0 Å². The van der Waals surface area contributed by atoms with Gasteiger partial charge in [-0.1, -0.05) is 110 Å². The van der Waals surface area contributed by atoms with E-state index in [1.165, 1.54) is 116 Å². The molecule has 27 heavy (non-hydrogen) atoms. The molecule has 0 aliphatic carbocycles. The van der Waals surface area contributed by atoms with E-state index in [0.717, 1.165) is 0 Å². The Bertz CT molecular complexity index is 400. The van der Waals surface area contributed by atoms with Crippen LogP contribution in [0.4, 0.5) is 0 Å². The summed E-state index contributed by atoms with van der Waals surface area (Å²) in [5.74, 6) is 0. The maximum Gasteiger partial charge on any atom is 0.169 e. The van der Waals surface area contributed by atoms with Gasteiger partial charge in [-0.15, -0.1) is 0 Å². The molecule has 156 valence electrons. The van der Waals surface area contributed by atoms with Crippen molar-refractivity contribution in [3.63, 3.8) is 0 Å². The highest BCUT2D eigenvalue weighted by molar-refractivity contribution is 4.84. The molecule has 0 radical (unpaired) electrons. The Morgan fingerprint density at radius 1 is 0.481 bits per heavy atom. The minimum Gasteiger partial charge on any atom is -0.202 e. The van der Waals surface area contributed by atoms with Gasteiger partial charge >= 0.3 is 0 Å². The molecule has 0 fully saturated rings. The summed E-state index contributed by atoms with van der Waals surface area (Å²) in [4.78, 5) is 0. The van der Waals surface area contributed by atoms with E-state index in [1.807, 2.05) is 0 Å². The molecule has 1 nitrogen and oxygen atoms in total. The molecule has 1 atom stereocenters. The quantitative estimate of drug-likeness (QED) is 0.169. The van der Waals surface area contributed by atoms with E-state index >= 15 is 0 Å². The number of aromatic nitrogens is 1. The number of hydrogen-bond acceptors (Lipinski definition) is 0. The van der Waals surface area contributed by atoms with Gasteiger partial charge in [0.2, 0.25) is 0 Å². The normalized spacial score (nSPS) is 12.4. The van der Waals surface area contributed by atoms with Gasteiger partial charge in [0.25, 0.3) is 0 Å². The Hall–Kier alpha value is -0.850. The van der Waals surface area contributed by atoms with Crippen molar-refractivity contribution in [2.24, 2.45) is 0 Å². The summed E-state index contributed by atoms with van der Waals surface area (Å²) < 4.78 is 2.42. The first-order valence-electron chi connectivity index (χ1n) is 12.3. The second-order valence-electron chi connectivity index (χ2n) is 8.50. The molecule has 1 unspecified atom stereocenters. The molecule has 0 N–H and O–H groups in total. The minimum atomic E-state index is 0.707. The molecule has 1 heterocycles. The number of rotatable bonds is 19. The van der Waals surface area contributed by atoms with Crippen molar-refractivity contribution in [1.82, 2.24) is 0 Å². The van der Waals surface area contributed by atoms with Crippen LogP contribution in [0.1, 0.15) is 135 Å². The fourth-order valence-corrected chi connectivity index (χ4v) is 4.18. The largest absolute Gasteiger partial charge is 0.202 e. The predicted octanol–water partition coefficient (Wildman–Crippen LogP) is 8.58. The lowest BCUT2D eigenvalue weighted by atomic mass is 10.0. The van der Waals surface area contributed by atoms with Crippen molar-refractivity contribution in [1.29, 1.82) is 0 Å². The zero-order valence-corrected chi connectivity index (χ0v) is 18.6. The minimum absolute atomic E-state index is 0.707. The van der Waals surface area contributed by atoms with Crippen LogP contribution in [0.15, 0.2) is 30.6 Å². The first kappa shape index (κ1) is 24.2. The fourth-order valence-electron chi connectivity index (χ4n) is 4.18. The van der Waals surface area contributed by atoms with Gasteiger partial charge < -0.3 is 0 Å². The van der Waals surface area contributed by atoms with E-state index < -0.39 is 0 Å². The van der Waals surface area contributed by atoms with Gasteiger partial charge in [0.15, 0.2) is 18.4 Å². The van der Waals surface area contributed by atoms with E-state index in [4.69, 9.17) is 0 Å². The van der Waals surface area contributed by atoms with Crippen LogP contribution >= 0.6 is 0 Å². The van der Waals surface area contributed by atoms with E-state index in [1.54, 1.807) is 0 Å². The van der Waals surface area contributed by atoms with E-state index in [9.17, 15) is 0 Å². The van der Waals surface area contributed by atoms with Gasteiger partial charge in [0.1, 0.15) is 0 Å². The van der Waals surface area contributed by atoms with E-state index in [0.29, 0.717) is 6.04 Å². The summed E-state index contributed by atoms with van der Waals surface area (Å²) in [6.45, 7) is 4.61. The highest BCUT2D eigenvalue weighted by atomic mass is 15.0. The van der Waals surface area contributed by atoms with Crippen LogP contribution < -0.4 is 4.57 Å². The zero-order chi connectivity index (χ0) is 19.4. The van der Waals surface area contributed by atoms with Crippen LogP contribution in [0, 0.1) is 0 Å². The van der Waals surface area contributed by atoms with Crippen LogP contribution in [0.25, 0.3) is 0 Å². The van der Waals surface area contributed by atoms with Gasteiger partial charge in [-0.2, -0.15) is 0 Å². The standard InChI is InChI=1S/C26H48N/c1-3-5-6-7-8-9-10-11-12-13-14-15-16-17-19-23-26(22-4-2)27-24-20-18-21-25-27/h18,20-21,24-26H,3-17,19,22-23H2,1-2H3/q+1. The Balaban J connectivity index is 1.88. The Kier molecular flexibility index (Phi) is 16.6. The number of pyridine rings is 1. The van der Waals surface area contributed by atoms with Crippen molar-refractivity contribution in [3.8, 4) is 0 Å². The SMILES string of the molecule is CCCCCCCCCCCCCCCCCC(CCC)[n+]1ccccc1. The lowest BCUT2D eigenvalue weighted by molar-refractivity contribution is -0.724. The van der Waals surface area contributed by atoms with Crippen LogP contribution in [0.5, 0.6) is 0 Å². The molecule has 0 amide bonds. The van der Waals surface area contributed by atoms with Gasteiger partial charge in [0.05, 0.1) is 0 Å². The molecule has 1 aromatic rings. The van der Waals surface area contributed by atoms with Crippen molar-refractivity contribution < 1.29 is 4.57 Å². The van der Waals surface area contributed by atoms with Gasteiger partial charge in [-0.3, -0.25) is 0 Å². The van der Waals surface area contributed by atoms with Gasteiger partial charge in [-0.25, -0.2) is 4.57 Å².